The van der Waals surface area contributed by atoms with Gasteiger partial charge in [0.25, 0.3) is 0 Å². The molecule has 0 radical (unpaired) electrons. The average molecular weight is 279 g/mol. The largest absolute Gasteiger partial charge is 0.493 e. The van der Waals surface area contributed by atoms with Gasteiger partial charge in [-0.2, -0.15) is 4.99 Å². The number of carbonyl (C=O) groups excluding carboxylic acids is 1. The lowest BCUT2D eigenvalue weighted by atomic mass is 9.72. The van der Waals surface area contributed by atoms with E-state index in [4.69, 9.17) is 9.47 Å². The van der Waals surface area contributed by atoms with Crippen molar-refractivity contribution in [1.82, 2.24) is 0 Å². The van der Waals surface area contributed by atoms with E-state index in [1.54, 1.807) is 12.1 Å². The van der Waals surface area contributed by atoms with E-state index in [9.17, 15) is 9.18 Å². The summed E-state index contributed by atoms with van der Waals surface area (Å²) >= 11 is 0. The Hall–Kier alpha value is -1.87. The van der Waals surface area contributed by atoms with Gasteiger partial charge in [0.05, 0.1) is 13.2 Å². The molecule has 4 nitrogen and oxygen atoms in total. The van der Waals surface area contributed by atoms with E-state index in [0.29, 0.717) is 29.9 Å². The lowest BCUT2D eigenvalue weighted by Gasteiger charge is -2.37. The van der Waals surface area contributed by atoms with Gasteiger partial charge in [-0.3, -0.25) is 0 Å². The molecule has 0 saturated heterocycles. The summed E-state index contributed by atoms with van der Waals surface area (Å²) in [6, 6.07) is 2.88. The van der Waals surface area contributed by atoms with E-state index in [0.717, 1.165) is 6.42 Å². The van der Waals surface area contributed by atoms with Crippen molar-refractivity contribution in [3.05, 3.63) is 23.5 Å². The second-order valence-corrected chi connectivity index (χ2v) is 5.24. The molecule has 1 fully saturated rings. The van der Waals surface area contributed by atoms with Crippen LogP contribution in [0.2, 0.25) is 0 Å². The van der Waals surface area contributed by atoms with Crippen molar-refractivity contribution >= 4 is 6.08 Å². The molecule has 0 spiro atoms. The second kappa shape index (κ2) is 5.63. The van der Waals surface area contributed by atoms with Crippen LogP contribution in [-0.2, 0) is 10.3 Å². The summed E-state index contributed by atoms with van der Waals surface area (Å²) in [5, 5.41) is 0. The van der Waals surface area contributed by atoms with Gasteiger partial charge in [0.15, 0.2) is 11.5 Å². The number of hydrogen-bond donors (Lipinski definition) is 0. The summed E-state index contributed by atoms with van der Waals surface area (Å²) in [5.74, 6) is 0.368. The number of hydrogen-bond acceptors (Lipinski definition) is 4. The zero-order chi connectivity index (χ0) is 14.8. The van der Waals surface area contributed by atoms with E-state index in [-0.39, 0.29) is 6.10 Å². The first kappa shape index (κ1) is 14.5. The van der Waals surface area contributed by atoms with Crippen LogP contribution in [-0.4, -0.2) is 19.3 Å². The van der Waals surface area contributed by atoms with Gasteiger partial charge in [0, 0.05) is 11.6 Å². The molecule has 0 aliphatic heterocycles. The second-order valence-electron chi connectivity index (χ2n) is 5.24. The van der Waals surface area contributed by atoms with Crippen molar-refractivity contribution in [1.29, 1.82) is 0 Å². The van der Waals surface area contributed by atoms with Gasteiger partial charge in [-0.05, 0) is 39.2 Å². The highest BCUT2D eigenvalue weighted by molar-refractivity contribution is 5.48. The van der Waals surface area contributed by atoms with Crippen LogP contribution < -0.4 is 9.47 Å². The highest BCUT2D eigenvalue weighted by Gasteiger charge is 2.41. The monoisotopic (exact) mass is 279 g/mol. The fourth-order valence-electron chi connectivity index (χ4n) is 2.44. The van der Waals surface area contributed by atoms with Gasteiger partial charge in [0.2, 0.25) is 6.08 Å². The van der Waals surface area contributed by atoms with Crippen molar-refractivity contribution < 1.29 is 18.7 Å². The molecule has 5 heteroatoms. The number of isocyanates is 1. The highest BCUT2D eigenvalue weighted by Crippen LogP contribution is 2.48. The molecule has 0 bridgehead atoms. The Kier molecular flexibility index (Phi) is 4.09. The van der Waals surface area contributed by atoms with Gasteiger partial charge in [0.1, 0.15) is 11.4 Å². The number of benzene rings is 1. The molecular weight excluding hydrogens is 261 g/mol. The summed E-state index contributed by atoms with van der Waals surface area (Å²) in [4.78, 5) is 14.4. The fraction of sp³-hybridized carbons (Fsp3) is 0.533. The first-order chi connectivity index (χ1) is 9.52. The molecule has 1 aliphatic rings. The van der Waals surface area contributed by atoms with Crippen molar-refractivity contribution in [2.45, 2.75) is 44.8 Å². The van der Waals surface area contributed by atoms with E-state index >= 15 is 0 Å². The molecule has 0 N–H and O–H groups in total. The van der Waals surface area contributed by atoms with Gasteiger partial charge in [-0.25, -0.2) is 9.18 Å². The van der Waals surface area contributed by atoms with Crippen LogP contribution in [0, 0.1) is 5.82 Å². The minimum absolute atomic E-state index is 0.0610. The van der Waals surface area contributed by atoms with Gasteiger partial charge in [-0.15, -0.1) is 0 Å². The number of rotatable bonds is 5. The van der Waals surface area contributed by atoms with Crippen LogP contribution in [0.3, 0.4) is 0 Å². The zero-order valence-corrected chi connectivity index (χ0v) is 11.9. The Morgan fingerprint density at radius 2 is 2.05 bits per heavy atom. The van der Waals surface area contributed by atoms with Crippen molar-refractivity contribution in [2.75, 3.05) is 7.11 Å². The first-order valence-corrected chi connectivity index (χ1v) is 6.66. The Labute approximate surface area is 117 Å². The fourth-order valence-corrected chi connectivity index (χ4v) is 2.44. The summed E-state index contributed by atoms with van der Waals surface area (Å²) in [6.45, 7) is 3.76. The molecule has 108 valence electrons. The molecule has 1 saturated carbocycles. The first-order valence-electron chi connectivity index (χ1n) is 6.66. The highest BCUT2D eigenvalue weighted by atomic mass is 19.1. The molecular formula is C15H18FNO3. The molecule has 1 aromatic rings. The SMILES string of the molecule is COc1cc(F)c(C2(N=C=O)CCC2)cc1OC(C)C. The predicted octanol–water partition coefficient (Wildman–Crippen LogP) is 3.34. The van der Waals surface area contributed by atoms with Crippen molar-refractivity contribution in [2.24, 2.45) is 4.99 Å². The van der Waals surface area contributed by atoms with Gasteiger partial charge >= 0.3 is 0 Å². The Morgan fingerprint density at radius 3 is 2.50 bits per heavy atom. The standard InChI is InChI=1S/C15H18FNO3/c1-10(2)20-14-7-11(12(16)8-13(14)19-3)15(17-9-18)5-4-6-15/h7-8,10H,4-6H2,1-3H3. The van der Waals surface area contributed by atoms with E-state index in [2.05, 4.69) is 4.99 Å². The molecule has 1 aromatic carbocycles. The maximum atomic E-state index is 14.3. The van der Waals surface area contributed by atoms with Crippen LogP contribution in [0.4, 0.5) is 4.39 Å². The predicted molar refractivity (Wildman–Crippen MR) is 72.4 cm³/mol. The van der Waals surface area contributed by atoms with E-state index in [1.807, 2.05) is 13.8 Å². The van der Waals surface area contributed by atoms with E-state index in [1.165, 1.54) is 13.2 Å². The molecule has 0 heterocycles. The lowest BCUT2D eigenvalue weighted by molar-refractivity contribution is 0.221. The smallest absolute Gasteiger partial charge is 0.235 e. The third-order valence-corrected chi connectivity index (χ3v) is 3.56. The Balaban J connectivity index is 2.50. The summed E-state index contributed by atoms with van der Waals surface area (Å²) in [6.07, 6.45) is 3.70. The third-order valence-electron chi connectivity index (χ3n) is 3.56. The Morgan fingerprint density at radius 1 is 1.35 bits per heavy atom. The molecule has 0 aromatic heterocycles. The molecule has 2 rings (SSSR count). The molecule has 0 unspecified atom stereocenters. The van der Waals surface area contributed by atoms with Crippen LogP contribution >= 0.6 is 0 Å². The summed E-state index contributed by atoms with van der Waals surface area (Å²) in [5.41, 5.74) is -0.406. The lowest BCUT2D eigenvalue weighted by Crippen LogP contribution is -2.33. The summed E-state index contributed by atoms with van der Waals surface area (Å²) in [7, 11) is 1.46. The maximum absolute atomic E-state index is 14.3. The number of nitrogens with zero attached hydrogens (tertiary/aromatic N) is 1. The van der Waals surface area contributed by atoms with Crippen molar-refractivity contribution in [3.63, 3.8) is 0 Å². The van der Waals surface area contributed by atoms with Crippen molar-refractivity contribution in [3.8, 4) is 11.5 Å². The van der Waals surface area contributed by atoms with Gasteiger partial charge < -0.3 is 9.47 Å². The molecule has 1 aliphatic carbocycles. The van der Waals surface area contributed by atoms with Crippen LogP contribution in [0.5, 0.6) is 11.5 Å². The number of methoxy groups -OCH3 is 1. The number of aliphatic imine (C=N–C) groups is 1. The Bertz CT molecular complexity index is 546. The summed E-state index contributed by atoms with van der Waals surface area (Å²) < 4.78 is 25.0. The number of halogens is 1. The minimum atomic E-state index is -0.785. The average Bonchev–Trinajstić information content (AvgIpc) is 2.35. The van der Waals surface area contributed by atoms with E-state index < -0.39 is 11.4 Å². The zero-order valence-electron chi connectivity index (χ0n) is 11.9. The maximum Gasteiger partial charge on any atom is 0.235 e. The molecule has 0 amide bonds. The quantitative estimate of drug-likeness (QED) is 0.613. The van der Waals surface area contributed by atoms with Crippen LogP contribution in [0.25, 0.3) is 0 Å². The van der Waals surface area contributed by atoms with Crippen LogP contribution in [0.15, 0.2) is 17.1 Å². The molecule has 0 atom stereocenters. The normalized spacial score (nSPS) is 16.2. The minimum Gasteiger partial charge on any atom is -0.493 e. The van der Waals surface area contributed by atoms with Crippen LogP contribution in [0.1, 0.15) is 38.7 Å². The third kappa shape index (κ3) is 2.54. The topological polar surface area (TPSA) is 47.9 Å². The van der Waals surface area contributed by atoms with Gasteiger partial charge in [-0.1, -0.05) is 0 Å². The molecule has 20 heavy (non-hydrogen) atoms. The number of ether oxygens (including phenoxy) is 2.